The van der Waals surface area contributed by atoms with E-state index in [9.17, 15) is 14.4 Å². The molecule has 1 saturated heterocycles. The van der Waals surface area contributed by atoms with E-state index < -0.39 is 11.1 Å². The van der Waals surface area contributed by atoms with Crippen molar-refractivity contribution in [2.24, 2.45) is 0 Å². The molecular formula is C16H23N3O5. The van der Waals surface area contributed by atoms with Crippen LogP contribution in [0, 0.1) is 0 Å². The second-order valence-corrected chi connectivity index (χ2v) is 6.54. The minimum atomic E-state index is -0.446. The van der Waals surface area contributed by atoms with E-state index in [1.54, 1.807) is 19.1 Å². The molecule has 1 amide bonds. The molecule has 2 aliphatic rings. The minimum Gasteiger partial charge on any atom is -0.381 e. The first-order valence-corrected chi connectivity index (χ1v) is 8.17. The van der Waals surface area contributed by atoms with Crippen LogP contribution in [-0.2, 0) is 20.7 Å². The molecule has 2 N–H and O–H groups in total. The Bertz CT molecular complexity index is 727. The maximum Gasteiger partial charge on any atom is 0.266 e. The molecule has 0 unspecified atom stereocenters. The summed E-state index contributed by atoms with van der Waals surface area (Å²) in [7, 11) is 3.37. The average Bonchev–Trinajstić information content (AvgIpc) is 2.97. The summed E-state index contributed by atoms with van der Waals surface area (Å²) < 4.78 is 11.3. The number of carbonyl (C=O) groups excluding carboxylic acids is 1. The van der Waals surface area contributed by atoms with Crippen molar-refractivity contribution in [3.05, 3.63) is 32.3 Å². The number of rotatable bonds is 4. The van der Waals surface area contributed by atoms with Gasteiger partial charge >= 0.3 is 0 Å². The zero-order chi connectivity index (χ0) is 17.3. The molecule has 8 nitrogen and oxygen atoms in total. The van der Waals surface area contributed by atoms with Crippen molar-refractivity contribution in [3.8, 4) is 0 Å². The molecule has 1 saturated carbocycles. The molecule has 3 atom stereocenters. The summed E-state index contributed by atoms with van der Waals surface area (Å²) in [4.78, 5) is 37.7. The number of fused-ring (bicyclic) bond motifs is 1. The van der Waals surface area contributed by atoms with E-state index >= 15 is 0 Å². The number of ether oxygens (including phenoxy) is 2. The normalized spacial score (nSPS) is 29.5. The third kappa shape index (κ3) is 2.91. The van der Waals surface area contributed by atoms with Gasteiger partial charge in [0.1, 0.15) is 0 Å². The number of nitrogens with one attached hydrogen (secondary N) is 2. The lowest BCUT2D eigenvalue weighted by molar-refractivity contribution is -0.140. The third-order valence-corrected chi connectivity index (χ3v) is 5.43. The average molecular weight is 337 g/mol. The van der Waals surface area contributed by atoms with E-state index in [0.717, 1.165) is 25.7 Å². The molecule has 1 aromatic rings. The minimum absolute atomic E-state index is 0.0604. The van der Waals surface area contributed by atoms with Crippen LogP contribution in [0.2, 0.25) is 0 Å². The van der Waals surface area contributed by atoms with Crippen molar-refractivity contribution in [2.75, 3.05) is 20.8 Å². The number of likely N-dealkylation sites (tertiary alicyclic amines) is 1. The van der Waals surface area contributed by atoms with Crippen molar-refractivity contribution in [1.82, 2.24) is 15.1 Å². The van der Waals surface area contributed by atoms with Crippen LogP contribution < -0.4 is 11.1 Å². The number of nitrogens with zero attached hydrogens (tertiary/aromatic N) is 1. The van der Waals surface area contributed by atoms with Crippen LogP contribution in [0.5, 0.6) is 0 Å². The van der Waals surface area contributed by atoms with E-state index in [-0.39, 0.29) is 35.6 Å². The second-order valence-electron chi connectivity index (χ2n) is 6.54. The van der Waals surface area contributed by atoms with Crippen LogP contribution in [-0.4, -0.2) is 59.5 Å². The molecule has 0 aromatic carbocycles. The van der Waals surface area contributed by atoms with Gasteiger partial charge in [-0.05, 0) is 25.7 Å². The number of methoxy groups -OCH3 is 2. The number of amides is 1. The summed E-state index contributed by atoms with van der Waals surface area (Å²) in [5.41, 5.74) is -1.02. The maximum atomic E-state index is 12.8. The van der Waals surface area contributed by atoms with Gasteiger partial charge in [0.15, 0.2) is 0 Å². The monoisotopic (exact) mass is 337 g/mol. The standard InChI is InChI=1S/C16H23N3O5/c1-23-11-3-4-16(24-2)5-6-19(12(16)9-11)14(21)8-10-7-13(20)17-18-15(10)22/h7,11-12H,3-6,8-9H2,1-2H3,(H,17,20)(H,18,22)/t11-,12+,16-/m1/s1. The van der Waals surface area contributed by atoms with Gasteiger partial charge in [0.05, 0.1) is 24.2 Å². The summed E-state index contributed by atoms with van der Waals surface area (Å²) in [6.45, 7) is 0.592. The molecule has 1 aliphatic carbocycles. The summed E-state index contributed by atoms with van der Waals surface area (Å²) in [6, 6.07) is 1.12. The maximum absolute atomic E-state index is 12.8. The molecule has 1 aliphatic heterocycles. The first-order chi connectivity index (χ1) is 11.5. The fourth-order valence-corrected chi connectivity index (χ4v) is 4.03. The third-order valence-electron chi connectivity index (χ3n) is 5.43. The lowest BCUT2D eigenvalue weighted by Gasteiger charge is -2.43. The zero-order valence-electron chi connectivity index (χ0n) is 14.0. The number of aromatic nitrogens is 2. The quantitative estimate of drug-likeness (QED) is 0.791. The van der Waals surface area contributed by atoms with E-state index in [0.29, 0.717) is 6.54 Å². The summed E-state index contributed by atoms with van der Waals surface area (Å²) in [6.07, 6.45) is 3.28. The van der Waals surface area contributed by atoms with Gasteiger partial charge < -0.3 is 14.4 Å². The zero-order valence-corrected chi connectivity index (χ0v) is 14.0. The van der Waals surface area contributed by atoms with E-state index in [4.69, 9.17) is 9.47 Å². The Labute approximate surface area is 139 Å². The molecule has 2 heterocycles. The van der Waals surface area contributed by atoms with E-state index in [2.05, 4.69) is 10.2 Å². The van der Waals surface area contributed by atoms with Crippen molar-refractivity contribution in [1.29, 1.82) is 0 Å². The highest BCUT2D eigenvalue weighted by molar-refractivity contribution is 5.79. The Morgan fingerprint density at radius 2 is 2.12 bits per heavy atom. The van der Waals surface area contributed by atoms with E-state index in [1.807, 2.05) is 0 Å². The number of hydrogen-bond acceptors (Lipinski definition) is 5. The van der Waals surface area contributed by atoms with Gasteiger partial charge in [0.25, 0.3) is 11.1 Å². The lowest BCUT2D eigenvalue weighted by atomic mass is 9.79. The summed E-state index contributed by atoms with van der Waals surface area (Å²) in [5, 5.41) is 4.45. The number of carbonyl (C=O) groups is 1. The molecule has 132 valence electrons. The van der Waals surface area contributed by atoms with Crippen LogP contribution in [0.15, 0.2) is 15.7 Å². The smallest absolute Gasteiger partial charge is 0.266 e. The van der Waals surface area contributed by atoms with Crippen molar-refractivity contribution in [2.45, 2.75) is 49.9 Å². The van der Waals surface area contributed by atoms with Crippen molar-refractivity contribution in [3.63, 3.8) is 0 Å². The highest BCUT2D eigenvalue weighted by Crippen LogP contribution is 2.43. The van der Waals surface area contributed by atoms with Crippen molar-refractivity contribution >= 4 is 5.91 Å². The molecule has 0 radical (unpaired) electrons. The molecule has 0 spiro atoms. The van der Waals surface area contributed by atoms with Crippen LogP contribution in [0.4, 0.5) is 0 Å². The Balaban J connectivity index is 1.80. The van der Waals surface area contributed by atoms with Gasteiger partial charge in [-0.2, -0.15) is 0 Å². The van der Waals surface area contributed by atoms with Gasteiger partial charge in [-0.15, -0.1) is 0 Å². The molecule has 3 rings (SSSR count). The molecule has 0 bridgehead atoms. The second kappa shape index (κ2) is 6.52. The van der Waals surface area contributed by atoms with Gasteiger partial charge in [0, 0.05) is 32.4 Å². The Morgan fingerprint density at radius 1 is 1.33 bits per heavy atom. The first-order valence-electron chi connectivity index (χ1n) is 8.17. The Hall–Kier alpha value is -1.93. The number of aromatic amines is 2. The molecular weight excluding hydrogens is 314 g/mol. The van der Waals surface area contributed by atoms with Gasteiger partial charge in [-0.3, -0.25) is 24.6 Å². The van der Waals surface area contributed by atoms with Crippen LogP contribution >= 0.6 is 0 Å². The fourth-order valence-electron chi connectivity index (χ4n) is 4.03. The summed E-state index contributed by atoms with van der Waals surface area (Å²) in [5.74, 6) is -0.160. The molecule has 2 fully saturated rings. The van der Waals surface area contributed by atoms with Crippen LogP contribution in [0.1, 0.15) is 31.2 Å². The lowest BCUT2D eigenvalue weighted by Crippen LogP contribution is -2.53. The molecule has 24 heavy (non-hydrogen) atoms. The summed E-state index contributed by atoms with van der Waals surface area (Å²) >= 11 is 0. The topological polar surface area (TPSA) is 104 Å². The largest absolute Gasteiger partial charge is 0.381 e. The predicted molar refractivity (Wildman–Crippen MR) is 85.9 cm³/mol. The molecule has 1 aromatic heterocycles. The van der Waals surface area contributed by atoms with Gasteiger partial charge in [-0.25, -0.2) is 0 Å². The van der Waals surface area contributed by atoms with Gasteiger partial charge in [-0.1, -0.05) is 0 Å². The molecule has 8 heteroatoms. The highest BCUT2D eigenvalue weighted by Gasteiger charge is 2.52. The van der Waals surface area contributed by atoms with Crippen LogP contribution in [0.3, 0.4) is 0 Å². The van der Waals surface area contributed by atoms with Gasteiger partial charge in [0.2, 0.25) is 5.91 Å². The van der Waals surface area contributed by atoms with Crippen molar-refractivity contribution < 1.29 is 14.3 Å². The SMILES string of the molecule is CO[C@@H]1CC[C@@]2(OC)CCN(C(=O)Cc3cc(=O)[nH][nH]c3=O)[C@H]2C1. The fraction of sp³-hybridized carbons (Fsp3) is 0.688. The number of hydrogen-bond donors (Lipinski definition) is 2. The van der Waals surface area contributed by atoms with Crippen LogP contribution in [0.25, 0.3) is 0 Å². The Morgan fingerprint density at radius 3 is 2.83 bits per heavy atom. The Kier molecular flexibility index (Phi) is 4.60. The van der Waals surface area contributed by atoms with E-state index in [1.165, 1.54) is 6.07 Å². The first kappa shape index (κ1) is 16.9. The number of H-pyrrole nitrogens is 2. The highest BCUT2D eigenvalue weighted by atomic mass is 16.5. The predicted octanol–water partition coefficient (Wildman–Crippen LogP) is -0.209.